The zero-order valence-corrected chi connectivity index (χ0v) is 15.9. The molecule has 2 aromatic rings. The molecule has 2 N–H and O–H groups in total. The molecule has 0 heterocycles. The minimum Gasteiger partial charge on any atom is -0.352 e. The SMILES string of the molecule is CN=C(NCc1ccc(Cl)cc1)NCc1ccccc1C.I. The fraction of sp³-hybridized carbons (Fsp3) is 0.235. The number of aliphatic imine (C=N–C) groups is 1. The van der Waals surface area contributed by atoms with Crippen molar-refractivity contribution in [3.8, 4) is 0 Å². The number of hydrogen-bond donors (Lipinski definition) is 2. The smallest absolute Gasteiger partial charge is 0.191 e. The second-order valence-corrected chi connectivity index (χ2v) is 5.27. The molecule has 3 nitrogen and oxygen atoms in total. The summed E-state index contributed by atoms with van der Waals surface area (Å²) in [7, 11) is 1.77. The van der Waals surface area contributed by atoms with E-state index in [2.05, 4.69) is 34.7 Å². The molecular weight excluding hydrogens is 409 g/mol. The van der Waals surface area contributed by atoms with Crippen molar-refractivity contribution in [2.75, 3.05) is 7.05 Å². The van der Waals surface area contributed by atoms with Crippen LogP contribution in [0.4, 0.5) is 0 Å². The first-order valence-electron chi connectivity index (χ1n) is 6.92. The van der Waals surface area contributed by atoms with E-state index in [4.69, 9.17) is 11.6 Å². The highest BCUT2D eigenvalue weighted by Crippen LogP contribution is 2.09. The normalized spacial score (nSPS) is 10.8. The van der Waals surface area contributed by atoms with Crippen molar-refractivity contribution in [1.29, 1.82) is 0 Å². The van der Waals surface area contributed by atoms with Crippen LogP contribution < -0.4 is 10.6 Å². The van der Waals surface area contributed by atoms with Crippen LogP contribution in [0.3, 0.4) is 0 Å². The number of nitrogens with zero attached hydrogens (tertiary/aromatic N) is 1. The van der Waals surface area contributed by atoms with E-state index in [0.29, 0.717) is 6.54 Å². The van der Waals surface area contributed by atoms with Crippen molar-refractivity contribution in [3.63, 3.8) is 0 Å². The van der Waals surface area contributed by atoms with Crippen molar-refractivity contribution in [2.45, 2.75) is 20.0 Å². The topological polar surface area (TPSA) is 36.4 Å². The van der Waals surface area contributed by atoms with Crippen molar-refractivity contribution >= 4 is 41.5 Å². The van der Waals surface area contributed by atoms with Crippen molar-refractivity contribution in [2.24, 2.45) is 4.99 Å². The number of nitrogens with one attached hydrogen (secondary N) is 2. The number of guanidine groups is 1. The summed E-state index contributed by atoms with van der Waals surface area (Å²) < 4.78 is 0. The van der Waals surface area contributed by atoms with Gasteiger partial charge in [-0.15, -0.1) is 24.0 Å². The number of benzene rings is 2. The van der Waals surface area contributed by atoms with Crippen LogP contribution in [-0.2, 0) is 13.1 Å². The summed E-state index contributed by atoms with van der Waals surface area (Å²) in [6.45, 7) is 3.58. The van der Waals surface area contributed by atoms with E-state index in [9.17, 15) is 0 Å². The third kappa shape index (κ3) is 5.85. The lowest BCUT2D eigenvalue weighted by Gasteiger charge is -2.13. The molecule has 2 aromatic carbocycles. The third-order valence-electron chi connectivity index (χ3n) is 3.30. The molecule has 0 atom stereocenters. The summed E-state index contributed by atoms with van der Waals surface area (Å²) in [6.07, 6.45) is 0. The van der Waals surface area contributed by atoms with Crippen molar-refractivity contribution in [1.82, 2.24) is 10.6 Å². The summed E-state index contributed by atoms with van der Waals surface area (Å²) in [6, 6.07) is 16.1. The maximum atomic E-state index is 5.88. The number of halogens is 2. The molecule has 0 aliphatic rings. The fourth-order valence-corrected chi connectivity index (χ4v) is 2.12. The van der Waals surface area contributed by atoms with Crippen LogP contribution in [0.2, 0.25) is 5.02 Å². The molecular formula is C17H21ClIN3. The van der Waals surface area contributed by atoms with E-state index >= 15 is 0 Å². The van der Waals surface area contributed by atoms with Crippen LogP contribution in [0.25, 0.3) is 0 Å². The van der Waals surface area contributed by atoms with Gasteiger partial charge in [0.15, 0.2) is 5.96 Å². The molecule has 5 heteroatoms. The summed E-state index contributed by atoms with van der Waals surface area (Å²) in [4.78, 5) is 4.23. The zero-order valence-electron chi connectivity index (χ0n) is 12.8. The molecule has 0 aromatic heterocycles. The first kappa shape index (κ1) is 18.8. The number of hydrogen-bond acceptors (Lipinski definition) is 1. The van der Waals surface area contributed by atoms with Gasteiger partial charge in [0.05, 0.1) is 0 Å². The fourth-order valence-electron chi connectivity index (χ4n) is 2.00. The Labute approximate surface area is 154 Å². The minimum absolute atomic E-state index is 0. The Morgan fingerprint density at radius 2 is 1.64 bits per heavy atom. The molecule has 0 spiro atoms. The predicted molar refractivity (Wildman–Crippen MR) is 105 cm³/mol. The van der Waals surface area contributed by atoms with Gasteiger partial charge in [-0.25, -0.2) is 0 Å². The van der Waals surface area contributed by atoms with Gasteiger partial charge in [-0.1, -0.05) is 48.0 Å². The lowest BCUT2D eigenvalue weighted by molar-refractivity contribution is 0.806. The van der Waals surface area contributed by atoms with E-state index in [1.54, 1.807) is 7.05 Å². The van der Waals surface area contributed by atoms with Gasteiger partial charge >= 0.3 is 0 Å². The molecule has 118 valence electrons. The first-order chi connectivity index (χ1) is 10.2. The zero-order chi connectivity index (χ0) is 15.1. The summed E-state index contributed by atoms with van der Waals surface area (Å²) in [5, 5.41) is 7.36. The van der Waals surface area contributed by atoms with Crippen LogP contribution in [-0.4, -0.2) is 13.0 Å². The highest BCUT2D eigenvalue weighted by molar-refractivity contribution is 14.0. The standard InChI is InChI=1S/C17H20ClN3.HI/c1-13-5-3-4-6-15(13)12-21-17(19-2)20-11-14-7-9-16(18)10-8-14;/h3-10H,11-12H2,1-2H3,(H2,19,20,21);1H. The van der Waals surface area contributed by atoms with Gasteiger partial charge in [0.1, 0.15) is 0 Å². The molecule has 0 radical (unpaired) electrons. The predicted octanol–water partition coefficient (Wildman–Crippen LogP) is 4.13. The highest BCUT2D eigenvalue weighted by atomic mass is 127. The van der Waals surface area contributed by atoms with Gasteiger partial charge in [0, 0.05) is 25.2 Å². The molecule has 0 saturated carbocycles. The van der Waals surface area contributed by atoms with Crippen LogP contribution in [0.1, 0.15) is 16.7 Å². The summed E-state index contributed by atoms with van der Waals surface area (Å²) in [5.41, 5.74) is 3.71. The van der Waals surface area contributed by atoms with Crippen LogP contribution in [0.5, 0.6) is 0 Å². The molecule has 2 rings (SSSR count). The molecule has 0 aliphatic heterocycles. The minimum atomic E-state index is 0. The van der Waals surface area contributed by atoms with E-state index in [1.165, 1.54) is 16.7 Å². The Hall–Kier alpha value is -1.27. The van der Waals surface area contributed by atoms with Crippen LogP contribution in [0.15, 0.2) is 53.5 Å². The van der Waals surface area contributed by atoms with Crippen molar-refractivity contribution in [3.05, 3.63) is 70.2 Å². The monoisotopic (exact) mass is 429 g/mol. The molecule has 0 aliphatic carbocycles. The van der Waals surface area contributed by atoms with Gasteiger partial charge in [-0.2, -0.15) is 0 Å². The van der Waals surface area contributed by atoms with Crippen molar-refractivity contribution < 1.29 is 0 Å². The lowest BCUT2D eigenvalue weighted by Crippen LogP contribution is -2.36. The van der Waals surface area contributed by atoms with Gasteiger partial charge in [0.2, 0.25) is 0 Å². The van der Waals surface area contributed by atoms with Gasteiger partial charge in [-0.05, 0) is 35.7 Å². The highest BCUT2D eigenvalue weighted by Gasteiger charge is 2.01. The Kier molecular flexibility index (Phi) is 8.27. The average Bonchev–Trinajstić information content (AvgIpc) is 2.51. The number of aryl methyl sites for hydroxylation is 1. The molecule has 0 bridgehead atoms. The molecule has 0 amide bonds. The van der Waals surface area contributed by atoms with Crippen LogP contribution in [0, 0.1) is 6.92 Å². The second kappa shape index (κ2) is 9.69. The van der Waals surface area contributed by atoms with E-state index in [0.717, 1.165) is 17.5 Å². The van der Waals surface area contributed by atoms with Gasteiger partial charge in [-0.3, -0.25) is 4.99 Å². The summed E-state index contributed by atoms with van der Waals surface area (Å²) in [5.74, 6) is 0.785. The first-order valence-corrected chi connectivity index (χ1v) is 7.30. The van der Waals surface area contributed by atoms with E-state index in [-0.39, 0.29) is 24.0 Å². The Morgan fingerprint density at radius 3 is 2.27 bits per heavy atom. The molecule has 0 saturated heterocycles. The van der Waals surface area contributed by atoms with E-state index < -0.39 is 0 Å². The number of rotatable bonds is 4. The Morgan fingerprint density at radius 1 is 1.00 bits per heavy atom. The van der Waals surface area contributed by atoms with Gasteiger partial charge < -0.3 is 10.6 Å². The lowest BCUT2D eigenvalue weighted by atomic mass is 10.1. The largest absolute Gasteiger partial charge is 0.352 e. The Bertz CT molecular complexity index is 612. The quantitative estimate of drug-likeness (QED) is 0.435. The molecule has 0 fully saturated rings. The Balaban J connectivity index is 0.00000242. The molecule has 0 unspecified atom stereocenters. The maximum Gasteiger partial charge on any atom is 0.191 e. The van der Waals surface area contributed by atoms with E-state index in [1.807, 2.05) is 36.4 Å². The second-order valence-electron chi connectivity index (χ2n) is 4.83. The average molecular weight is 430 g/mol. The maximum absolute atomic E-state index is 5.88. The molecule has 22 heavy (non-hydrogen) atoms. The summed E-state index contributed by atoms with van der Waals surface area (Å²) >= 11 is 5.88. The third-order valence-corrected chi connectivity index (χ3v) is 3.56. The van der Waals surface area contributed by atoms with Gasteiger partial charge in [0.25, 0.3) is 0 Å². The van der Waals surface area contributed by atoms with Crippen LogP contribution >= 0.6 is 35.6 Å².